The summed E-state index contributed by atoms with van der Waals surface area (Å²) < 4.78 is 5.10. The van der Waals surface area contributed by atoms with E-state index in [0.29, 0.717) is 31.5 Å². The van der Waals surface area contributed by atoms with Gasteiger partial charge < -0.3 is 15.4 Å². The molecule has 23 heavy (non-hydrogen) atoms. The summed E-state index contributed by atoms with van der Waals surface area (Å²) in [7, 11) is 0. The second-order valence-corrected chi connectivity index (χ2v) is 6.11. The summed E-state index contributed by atoms with van der Waals surface area (Å²) in [6.45, 7) is 5.76. The number of benzene rings is 1. The third-order valence-corrected chi connectivity index (χ3v) is 2.77. The lowest BCUT2D eigenvalue weighted by Gasteiger charge is -2.19. The molecule has 0 aliphatic carbocycles. The summed E-state index contributed by atoms with van der Waals surface area (Å²) in [6.07, 6.45) is 0.698. The average Bonchev–Trinajstić information content (AvgIpc) is 2.44. The van der Waals surface area contributed by atoms with Gasteiger partial charge in [-0.2, -0.15) is 5.26 Å². The van der Waals surface area contributed by atoms with Crippen molar-refractivity contribution in [3.05, 3.63) is 29.8 Å². The van der Waals surface area contributed by atoms with Crippen molar-refractivity contribution in [1.82, 2.24) is 5.32 Å². The van der Waals surface area contributed by atoms with E-state index in [1.807, 2.05) is 12.1 Å². The lowest BCUT2D eigenvalue weighted by molar-refractivity contribution is -0.116. The molecule has 6 nitrogen and oxygen atoms in total. The van der Waals surface area contributed by atoms with E-state index in [9.17, 15) is 9.59 Å². The first-order chi connectivity index (χ1) is 10.8. The molecule has 124 valence electrons. The molecule has 0 atom stereocenters. The number of nitriles is 1. The molecule has 1 rings (SSSR count). The molecular weight excluding hydrogens is 294 g/mol. The normalized spacial score (nSPS) is 10.5. The van der Waals surface area contributed by atoms with Crippen molar-refractivity contribution in [3.63, 3.8) is 0 Å². The number of hydrogen-bond donors (Lipinski definition) is 2. The molecule has 0 saturated heterocycles. The van der Waals surface area contributed by atoms with Gasteiger partial charge in [0.25, 0.3) is 0 Å². The van der Waals surface area contributed by atoms with E-state index in [-0.39, 0.29) is 5.91 Å². The van der Waals surface area contributed by atoms with Crippen molar-refractivity contribution >= 4 is 17.7 Å². The van der Waals surface area contributed by atoms with E-state index >= 15 is 0 Å². The van der Waals surface area contributed by atoms with Crippen LogP contribution in [0.4, 0.5) is 10.5 Å². The second kappa shape index (κ2) is 8.79. The van der Waals surface area contributed by atoms with Crippen molar-refractivity contribution in [2.75, 3.05) is 11.9 Å². The number of ether oxygens (including phenoxy) is 1. The Morgan fingerprint density at radius 2 is 1.87 bits per heavy atom. The molecular formula is C17H23N3O3. The molecule has 0 aliphatic rings. The van der Waals surface area contributed by atoms with Crippen molar-refractivity contribution in [2.24, 2.45) is 0 Å². The third kappa shape index (κ3) is 8.47. The maximum atomic E-state index is 11.8. The molecule has 0 radical (unpaired) electrons. The molecule has 6 heteroatoms. The number of nitrogens with zero attached hydrogens (tertiary/aromatic N) is 1. The minimum Gasteiger partial charge on any atom is -0.444 e. The maximum absolute atomic E-state index is 11.8. The van der Waals surface area contributed by atoms with Gasteiger partial charge in [-0.3, -0.25) is 4.79 Å². The van der Waals surface area contributed by atoms with Gasteiger partial charge in [0, 0.05) is 18.7 Å². The first-order valence-corrected chi connectivity index (χ1v) is 7.53. The van der Waals surface area contributed by atoms with E-state index in [0.717, 1.165) is 5.56 Å². The van der Waals surface area contributed by atoms with Crippen molar-refractivity contribution in [1.29, 1.82) is 5.26 Å². The van der Waals surface area contributed by atoms with Crippen molar-refractivity contribution in [2.45, 2.75) is 45.6 Å². The number of amides is 2. The number of nitrogens with one attached hydrogen (secondary N) is 2. The minimum absolute atomic E-state index is 0.121. The standard InChI is InChI=1S/C17H23N3O3/c1-17(2,3)23-16(22)19-12-4-5-15(21)20-14-8-6-13(7-9-14)10-11-18/h6-9H,4-5,10,12H2,1-3H3,(H,19,22)(H,20,21). The summed E-state index contributed by atoms with van der Waals surface area (Å²) in [5.41, 5.74) is 1.07. The van der Waals surface area contributed by atoms with Gasteiger partial charge in [-0.25, -0.2) is 4.79 Å². The van der Waals surface area contributed by atoms with E-state index < -0.39 is 11.7 Å². The van der Waals surface area contributed by atoms with Crippen LogP contribution in [0.25, 0.3) is 0 Å². The van der Waals surface area contributed by atoms with Crippen LogP contribution in [-0.2, 0) is 16.0 Å². The highest BCUT2D eigenvalue weighted by atomic mass is 16.6. The van der Waals surface area contributed by atoms with Crippen LogP contribution in [0.3, 0.4) is 0 Å². The lowest BCUT2D eigenvalue weighted by Crippen LogP contribution is -2.33. The Bertz CT molecular complexity index is 568. The van der Waals surface area contributed by atoms with E-state index in [4.69, 9.17) is 10.00 Å². The molecule has 0 aromatic heterocycles. The molecule has 0 unspecified atom stereocenters. The molecule has 0 aliphatic heterocycles. The van der Waals surface area contributed by atoms with Crippen LogP contribution in [0.1, 0.15) is 39.2 Å². The highest BCUT2D eigenvalue weighted by Gasteiger charge is 2.15. The molecule has 0 saturated carbocycles. The summed E-state index contributed by atoms with van der Waals surface area (Å²) in [4.78, 5) is 23.2. The number of alkyl carbamates (subject to hydrolysis) is 1. The Balaban J connectivity index is 2.24. The first-order valence-electron chi connectivity index (χ1n) is 7.53. The number of anilines is 1. The van der Waals surface area contributed by atoms with Gasteiger partial charge in [-0.1, -0.05) is 12.1 Å². The Morgan fingerprint density at radius 1 is 1.22 bits per heavy atom. The zero-order valence-electron chi connectivity index (χ0n) is 13.8. The van der Waals surface area contributed by atoms with E-state index in [1.54, 1.807) is 32.9 Å². The predicted octanol–water partition coefficient (Wildman–Crippen LogP) is 3.00. The van der Waals surface area contributed by atoms with Crippen LogP contribution in [0.15, 0.2) is 24.3 Å². The number of carbonyl (C=O) groups excluding carboxylic acids is 2. The second-order valence-electron chi connectivity index (χ2n) is 6.11. The predicted molar refractivity (Wildman–Crippen MR) is 87.9 cm³/mol. The van der Waals surface area contributed by atoms with Gasteiger partial charge in [0.05, 0.1) is 12.5 Å². The highest BCUT2D eigenvalue weighted by Crippen LogP contribution is 2.10. The Hall–Kier alpha value is -2.55. The fourth-order valence-electron chi connectivity index (χ4n) is 1.77. The van der Waals surface area contributed by atoms with E-state index in [1.165, 1.54) is 0 Å². The third-order valence-electron chi connectivity index (χ3n) is 2.77. The Morgan fingerprint density at radius 3 is 2.43 bits per heavy atom. The van der Waals surface area contributed by atoms with Gasteiger partial charge in [0.2, 0.25) is 5.91 Å². The largest absolute Gasteiger partial charge is 0.444 e. The average molecular weight is 317 g/mol. The van der Waals surface area contributed by atoms with Crippen LogP contribution in [0, 0.1) is 11.3 Å². The molecule has 2 N–H and O–H groups in total. The van der Waals surface area contributed by atoms with Crippen LogP contribution >= 0.6 is 0 Å². The fourth-order valence-corrected chi connectivity index (χ4v) is 1.77. The van der Waals surface area contributed by atoms with Gasteiger partial charge in [-0.15, -0.1) is 0 Å². The van der Waals surface area contributed by atoms with Gasteiger partial charge in [-0.05, 0) is 44.9 Å². The summed E-state index contributed by atoms with van der Waals surface area (Å²) in [6, 6.07) is 9.22. The molecule has 1 aromatic carbocycles. The summed E-state index contributed by atoms with van der Waals surface area (Å²) in [5.74, 6) is -0.121. The quantitative estimate of drug-likeness (QED) is 0.789. The smallest absolute Gasteiger partial charge is 0.407 e. The van der Waals surface area contributed by atoms with Crippen molar-refractivity contribution < 1.29 is 14.3 Å². The van der Waals surface area contributed by atoms with E-state index in [2.05, 4.69) is 16.7 Å². The molecule has 0 heterocycles. The molecule has 2 amide bonds. The molecule has 0 bridgehead atoms. The zero-order valence-corrected chi connectivity index (χ0v) is 13.8. The molecule has 0 fully saturated rings. The monoisotopic (exact) mass is 317 g/mol. The number of carbonyl (C=O) groups is 2. The number of rotatable bonds is 6. The molecule has 1 aromatic rings. The van der Waals surface area contributed by atoms with Crippen LogP contribution in [-0.4, -0.2) is 24.1 Å². The maximum Gasteiger partial charge on any atom is 0.407 e. The van der Waals surface area contributed by atoms with Crippen molar-refractivity contribution in [3.8, 4) is 6.07 Å². The lowest BCUT2D eigenvalue weighted by atomic mass is 10.1. The summed E-state index contributed by atoms with van der Waals surface area (Å²) >= 11 is 0. The van der Waals surface area contributed by atoms with Gasteiger partial charge >= 0.3 is 6.09 Å². The van der Waals surface area contributed by atoms with Crippen LogP contribution in [0.2, 0.25) is 0 Å². The van der Waals surface area contributed by atoms with Gasteiger partial charge in [0.15, 0.2) is 0 Å². The topological polar surface area (TPSA) is 91.2 Å². The first kappa shape index (κ1) is 18.5. The number of hydrogen-bond acceptors (Lipinski definition) is 4. The van der Waals surface area contributed by atoms with Crippen LogP contribution < -0.4 is 10.6 Å². The fraction of sp³-hybridized carbons (Fsp3) is 0.471. The Labute approximate surface area is 136 Å². The zero-order chi connectivity index (χ0) is 17.3. The SMILES string of the molecule is CC(C)(C)OC(=O)NCCCC(=O)Nc1ccc(CC#N)cc1. The minimum atomic E-state index is -0.529. The van der Waals surface area contributed by atoms with Crippen LogP contribution in [0.5, 0.6) is 0 Å². The Kier molecular flexibility index (Phi) is 7.07. The highest BCUT2D eigenvalue weighted by molar-refractivity contribution is 5.90. The molecule has 0 spiro atoms. The van der Waals surface area contributed by atoms with Gasteiger partial charge in [0.1, 0.15) is 5.60 Å². The summed E-state index contributed by atoms with van der Waals surface area (Å²) in [5, 5.41) is 14.0.